The van der Waals surface area contributed by atoms with Crippen molar-refractivity contribution in [3.05, 3.63) is 0 Å². The van der Waals surface area contributed by atoms with Crippen LogP contribution in [0.25, 0.3) is 0 Å². The van der Waals surface area contributed by atoms with E-state index in [0.717, 1.165) is 19.3 Å². The summed E-state index contributed by atoms with van der Waals surface area (Å²) in [5, 5.41) is 5.56. The van der Waals surface area contributed by atoms with E-state index in [9.17, 15) is 13.2 Å². The Morgan fingerprint density at radius 2 is 2.00 bits per heavy atom. The molecule has 5 nitrogen and oxygen atoms in total. The lowest BCUT2D eigenvalue weighted by Crippen LogP contribution is -2.56. The molecule has 0 radical (unpaired) electrons. The molecule has 1 fully saturated rings. The van der Waals surface area contributed by atoms with E-state index >= 15 is 0 Å². The Kier molecular flexibility index (Phi) is 7.54. The first kappa shape index (κ1) is 19.3. The zero-order valence-corrected chi connectivity index (χ0v) is 15.0. The maximum absolute atomic E-state index is 11.8. The third-order valence-electron chi connectivity index (χ3n) is 3.27. The summed E-state index contributed by atoms with van der Waals surface area (Å²) in [5.74, 6) is -0.106. The van der Waals surface area contributed by atoms with Crippen LogP contribution in [-0.2, 0) is 14.6 Å². The molecule has 2 N–H and O–H groups in total. The second-order valence-corrected chi connectivity index (χ2v) is 9.86. The van der Waals surface area contributed by atoms with Crippen molar-refractivity contribution in [3.63, 3.8) is 0 Å². The van der Waals surface area contributed by atoms with Crippen LogP contribution in [0, 0.1) is 0 Å². The van der Waals surface area contributed by atoms with Crippen LogP contribution in [0.1, 0.15) is 39.0 Å². The van der Waals surface area contributed by atoms with E-state index in [1.165, 1.54) is 0 Å². The maximum Gasteiger partial charge on any atom is 0.223 e. The number of rotatable bonds is 7. The van der Waals surface area contributed by atoms with E-state index in [2.05, 4.69) is 10.6 Å². The van der Waals surface area contributed by atoms with Gasteiger partial charge in [-0.15, -0.1) is 0 Å². The third-order valence-corrected chi connectivity index (χ3v) is 5.70. The van der Waals surface area contributed by atoms with Gasteiger partial charge in [0.05, 0.1) is 11.5 Å². The van der Waals surface area contributed by atoms with Crippen molar-refractivity contribution < 1.29 is 13.2 Å². The zero-order chi connectivity index (χ0) is 16.1. The standard InChI is InChI=1S/C12H21Cl3N2O3S/c1-2-3-4-5-10(18)17-11(12(13,14)15)16-9-6-7-21(19,20)8-9/h9,11,16H,2-8H2,1H3,(H,17,18)/t9-,11+/m1/s1. The van der Waals surface area contributed by atoms with Gasteiger partial charge >= 0.3 is 0 Å². The Morgan fingerprint density at radius 3 is 2.48 bits per heavy atom. The molecular formula is C12H21Cl3N2O3S. The first-order valence-electron chi connectivity index (χ1n) is 6.96. The molecule has 0 bridgehead atoms. The van der Waals surface area contributed by atoms with Gasteiger partial charge in [0, 0.05) is 12.5 Å². The summed E-state index contributed by atoms with van der Waals surface area (Å²) in [6, 6.07) is -0.313. The second kappa shape index (κ2) is 8.20. The van der Waals surface area contributed by atoms with Gasteiger partial charge in [-0.2, -0.15) is 0 Å². The van der Waals surface area contributed by atoms with E-state index in [4.69, 9.17) is 34.8 Å². The summed E-state index contributed by atoms with van der Waals surface area (Å²) in [6.45, 7) is 2.05. The molecule has 0 aromatic rings. The lowest BCUT2D eigenvalue weighted by atomic mass is 10.2. The predicted octanol–water partition coefficient (Wildman–Crippen LogP) is 2.16. The van der Waals surface area contributed by atoms with Gasteiger partial charge in [0.25, 0.3) is 0 Å². The van der Waals surface area contributed by atoms with Gasteiger partial charge in [-0.25, -0.2) is 8.42 Å². The third kappa shape index (κ3) is 7.37. The molecule has 0 aromatic heterocycles. The Bertz CT molecular complexity index is 451. The number of carbonyl (C=O) groups excluding carboxylic acids is 1. The van der Waals surface area contributed by atoms with Gasteiger partial charge in [0.1, 0.15) is 6.17 Å². The normalized spacial score (nSPS) is 23.0. The van der Waals surface area contributed by atoms with Gasteiger partial charge in [0.2, 0.25) is 9.70 Å². The highest BCUT2D eigenvalue weighted by atomic mass is 35.6. The van der Waals surface area contributed by atoms with Crippen LogP contribution in [0.4, 0.5) is 0 Å². The van der Waals surface area contributed by atoms with Crippen LogP contribution in [0.5, 0.6) is 0 Å². The first-order chi connectivity index (χ1) is 9.64. The number of carbonyl (C=O) groups is 1. The molecule has 0 aliphatic carbocycles. The summed E-state index contributed by atoms with van der Waals surface area (Å²) >= 11 is 17.6. The van der Waals surface area contributed by atoms with Crippen LogP contribution >= 0.6 is 34.8 Å². The molecule has 0 aromatic carbocycles. The molecule has 1 heterocycles. The number of unbranched alkanes of at least 4 members (excludes halogenated alkanes) is 2. The van der Waals surface area contributed by atoms with Crippen molar-refractivity contribution in [3.8, 4) is 0 Å². The van der Waals surface area contributed by atoms with Crippen molar-refractivity contribution in [2.24, 2.45) is 0 Å². The van der Waals surface area contributed by atoms with Crippen molar-refractivity contribution in [1.82, 2.24) is 10.6 Å². The SMILES string of the molecule is CCCCCC(=O)N[C@H](N[C@@H]1CCS(=O)(=O)C1)C(Cl)(Cl)Cl. The van der Waals surface area contributed by atoms with Crippen LogP contribution < -0.4 is 10.6 Å². The van der Waals surface area contributed by atoms with E-state index in [1.54, 1.807) is 0 Å². The number of hydrogen-bond donors (Lipinski definition) is 2. The number of alkyl halides is 3. The van der Waals surface area contributed by atoms with Gasteiger partial charge in [-0.1, -0.05) is 54.6 Å². The largest absolute Gasteiger partial charge is 0.337 e. The zero-order valence-electron chi connectivity index (χ0n) is 11.9. The van der Waals surface area contributed by atoms with Crippen LogP contribution in [0.15, 0.2) is 0 Å². The fourth-order valence-corrected chi connectivity index (χ4v) is 4.19. The number of sulfone groups is 1. The van der Waals surface area contributed by atoms with E-state index in [1.807, 2.05) is 6.92 Å². The van der Waals surface area contributed by atoms with Gasteiger partial charge in [-0.3, -0.25) is 10.1 Å². The summed E-state index contributed by atoms with van der Waals surface area (Å²) in [4.78, 5) is 11.8. The molecule has 1 rings (SSSR count). The molecule has 0 spiro atoms. The number of halogens is 3. The molecule has 0 saturated carbocycles. The average Bonchev–Trinajstić information content (AvgIpc) is 2.67. The Labute approximate surface area is 141 Å². The summed E-state index contributed by atoms with van der Waals surface area (Å²) < 4.78 is 21.1. The van der Waals surface area contributed by atoms with Crippen molar-refractivity contribution >= 4 is 50.5 Å². The number of hydrogen-bond acceptors (Lipinski definition) is 4. The molecule has 1 aliphatic rings. The van der Waals surface area contributed by atoms with E-state index in [0.29, 0.717) is 12.8 Å². The summed E-state index contributed by atoms with van der Waals surface area (Å²) in [5.41, 5.74) is 0. The maximum atomic E-state index is 11.8. The molecule has 9 heteroatoms. The fraction of sp³-hybridized carbons (Fsp3) is 0.917. The highest BCUT2D eigenvalue weighted by Crippen LogP contribution is 2.30. The fourth-order valence-electron chi connectivity index (χ4n) is 2.15. The molecule has 124 valence electrons. The smallest absolute Gasteiger partial charge is 0.223 e. The number of amides is 1. The quantitative estimate of drug-likeness (QED) is 0.404. The molecular weight excluding hydrogens is 359 g/mol. The Balaban J connectivity index is 2.55. The lowest BCUT2D eigenvalue weighted by molar-refractivity contribution is -0.122. The van der Waals surface area contributed by atoms with Gasteiger partial charge < -0.3 is 5.32 Å². The molecule has 1 aliphatic heterocycles. The van der Waals surface area contributed by atoms with Crippen LogP contribution in [0.3, 0.4) is 0 Å². The average molecular weight is 380 g/mol. The Hall–Kier alpha value is 0.250. The Morgan fingerprint density at radius 1 is 1.33 bits per heavy atom. The van der Waals surface area contributed by atoms with Crippen molar-refractivity contribution in [2.45, 2.75) is 55.0 Å². The van der Waals surface area contributed by atoms with Crippen molar-refractivity contribution in [1.29, 1.82) is 0 Å². The van der Waals surface area contributed by atoms with Crippen LogP contribution in [-0.4, -0.2) is 41.8 Å². The number of nitrogens with one attached hydrogen (secondary N) is 2. The minimum atomic E-state index is -3.04. The minimum Gasteiger partial charge on any atom is -0.337 e. The highest BCUT2D eigenvalue weighted by Gasteiger charge is 2.38. The second-order valence-electron chi connectivity index (χ2n) is 5.27. The lowest BCUT2D eigenvalue weighted by Gasteiger charge is -2.29. The summed E-state index contributed by atoms with van der Waals surface area (Å²) in [7, 11) is -3.04. The van der Waals surface area contributed by atoms with Gasteiger partial charge in [-0.05, 0) is 12.8 Å². The molecule has 21 heavy (non-hydrogen) atoms. The molecule has 1 saturated heterocycles. The highest BCUT2D eigenvalue weighted by molar-refractivity contribution is 7.91. The van der Waals surface area contributed by atoms with Gasteiger partial charge in [0.15, 0.2) is 9.84 Å². The van der Waals surface area contributed by atoms with E-state index in [-0.39, 0.29) is 23.5 Å². The van der Waals surface area contributed by atoms with Crippen molar-refractivity contribution in [2.75, 3.05) is 11.5 Å². The summed E-state index contributed by atoms with van der Waals surface area (Å²) in [6.07, 6.45) is 2.64. The minimum absolute atomic E-state index is 0.00402. The van der Waals surface area contributed by atoms with Crippen LogP contribution in [0.2, 0.25) is 0 Å². The molecule has 0 unspecified atom stereocenters. The predicted molar refractivity (Wildman–Crippen MR) is 86.6 cm³/mol. The monoisotopic (exact) mass is 378 g/mol. The molecule has 2 atom stereocenters. The topological polar surface area (TPSA) is 75.3 Å². The first-order valence-corrected chi connectivity index (χ1v) is 9.92. The molecule has 1 amide bonds. The van der Waals surface area contributed by atoms with E-state index < -0.39 is 19.8 Å².